The van der Waals surface area contributed by atoms with E-state index in [1.165, 1.54) is 18.2 Å². The van der Waals surface area contributed by atoms with Crippen molar-refractivity contribution in [2.24, 2.45) is 10.7 Å². The first kappa shape index (κ1) is 25.3. The summed E-state index contributed by atoms with van der Waals surface area (Å²) in [7, 11) is 0. The number of nitrogens with zero attached hydrogens (tertiary/aromatic N) is 1. The maximum Gasteiger partial charge on any atom is 0.432 e. The molecule has 5 nitrogen and oxygen atoms in total. The SMILES string of the molecule is CCC1N=C(C(F)(F)F)C=C1c1ccc(OCc2ccc(Cl)cc2)c(-c2ccc(C(N)=O)cc2)c1O. The third kappa shape index (κ3) is 5.23. The zero-order valence-electron chi connectivity index (χ0n) is 19.1. The summed E-state index contributed by atoms with van der Waals surface area (Å²) < 4.78 is 46.1. The minimum Gasteiger partial charge on any atom is -0.507 e. The third-order valence-corrected chi connectivity index (χ3v) is 6.09. The summed E-state index contributed by atoms with van der Waals surface area (Å²) in [6, 6.07) is 15.6. The summed E-state index contributed by atoms with van der Waals surface area (Å²) in [5, 5.41) is 11.9. The second-order valence-corrected chi connectivity index (χ2v) is 8.66. The molecule has 1 heterocycles. The van der Waals surface area contributed by atoms with Gasteiger partial charge in [-0.25, -0.2) is 0 Å². The summed E-state index contributed by atoms with van der Waals surface area (Å²) in [6.07, 6.45) is -3.31. The number of alkyl halides is 3. The van der Waals surface area contributed by atoms with Gasteiger partial charge in [-0.1, -0.05) is 42.8 Å². The van der Waals surface area contributed by atoms with Crippen molar-refractivity contribution in [3.8, 4) is 22.6 Å². The number of amides is 1. The van der Waals surface area contributed by atoms with Gasteiger partial charge in [0.15, 0.2) is 0 Å². The number of carbonyl (C=O) groups is 1. The van der Waals surface area contributed by atoms with E-state index in [4.69, 9.17) is 22.1 Å². The molecule has 0 saturated heterocycles. The van der Waals surface area contributed by atoms with Crippen molar-refractivity contribution in [2.75, 3.05) is 0 Å². The Morgan fingerprint density at radius 3 is 2.33 bits per heavy atom. The first-order valence-electron chi connectivity index (χ1n) is 11.1. The monoisotopic (exact) mass is 514 g/mol. The van der Waals surface area contributed by atoms with Crippen LogP contribution in [-0.4, -0.2) is 28.9 Å². The van der Waals surface area contributed by atoms with E-state index in [0.29, 0.717) is 22.8 Å². The number of carbonyl (C=O) groups excluding carboxylic acids is 1. The third-order valence-electron chi connectivity index (χ3n) is 5.84. The van der Waals surface area contributed by atoms with E-state index in [-0.39, 0.29) is 34.6 Å². The fourth-order valence-electron chi connectivity index (χ4n) is 3.99. The maximum absolute atomic E-state index is 13.4. The van der Waals surface area contributed by atoms with Gasteiger partial charge >= 0.3 is 6.18 Å². The molecule has 186 valence electrons. The smallest absolute Gasteiger partial charge is 0.432 e. The average molecular weight is 515 g/mol. The van der Waals surface area contributed by atoms with Gasteiger partial charge in [-0.15, -0.1) is 0 Å². The molecule has 1 aliphatic heterocycles. The minimum absolute atomic E-state index is 0.157. The Balaban J connectivity index is 1.79. The molecule has 3 aromatic carbocycles. The fraction of sp³-hybridized carbons (Fsp3) is 0.185. The molecule has 0 aromatic heterocycles. The molecule has 0 saturated carbocycles. The lowest BCUT2D eigenvalue weighted by Crippen LogP contribution is -2.19. The van der Waals surface area contributed by atoms with Gasteiger partial charge in [0.1, 0.15) is 23.8 Å². The molecule has 4 rings (SSSR count). The number of rotatable bonds is 7. The molecule has 1 unspecified atom stereocenters. The number of phenols is 1. The van der Waals surface area contributed by atoms with E-state index in [1.54, 1.807) is 49.4 Å². The number of benzene rings is 3. The van der Waals surface area contributed by atoms with Crippen molar-refractivity contribution in [3.05, 3.63) is 88.5 Å². The predicted molar refractivity (Wildman–Crippen MR) is 133 cm³/mol. The molecule has 0 aliphatic carbocycles. The van der Waals surface area contributed by atoms with E-state index in [9.17, 15) is 23.1 Å². The van der Waals surface area contributed by atoms with Gasteiger partial charge in [0.05, 0.1) is 11.6 Å². The Morgan fingerprint density at radius 2 is 1.75 bits per heavy atom. The van der Waals surface area contributed by atoms with Crippen LogP contribution in [0.5, 0.6) is 11.5 Å². The van der Waals surface area contributed by atoms with Crippen LogP contribution in [0.3, 0.4) is 0 Å². The van der Waals surface area contributed by atoms with Crippen molar-refractivity contribution in [2.45, 2.75) is 32.2 Å². The van der Waals surface area contributed by atoms with Crippen LogP contribution < -0.4 is 10.5 Å². The van der Waals surface area contributed by atoms with E-state index in [0.717, 1.165) is 11.6 Å². The Bertz CT molecular complexity index is 1350. The predicted octanol–water partition coefficient (Wildman–Crippen LogP) is 6.57. The van der Waals surface area contributed by atoms with Crippen LogP contribution in [0.2, 0.25) is 5.02 Å². The van der Waals surface area contributed by atoms with Crippen LogP contribution in [0.25, 0.3) is 16.7 Å². The first-order chi connectivity index (χ1) is 17.1. The number of aliphatic imine (C=N–C) groups is 1. The van der Waals surface area contributed by atoms with Crippen LogP contribution in [0.4, 0.5) is 13.2 Å². The van der Waals surface area contributed by atoms with Crippen molar-refractivity contribution >= 4 is 28.8 Å². The van der Waals surface area contributed by atoms with Gasteiger partial charge in [-0.3, -0.25) is 9.79 Å². The average Bonchev–Trinajstić information content (AvgIpc) is 3.29. The van der Waals surface area contributed by atoms with E-state index >= 15 is 0 Å². The second-order valence-electron chi connectivity index (χ2n) is 8.23. The lowest BCUT2D eigenvalue weighted by Gasteiger charge is -2.19. The van der Waals surface area contributed by atoms with Crippen LogP contribution in [-0.2, 0) is 6.61 Å². The maximum atomic E-state index is 13.4. The highest BCUT2D eigenvalue weighted by atomic mass is 35.5. The highest BCUT2D eigenvalue weighted by Crippen LogP contribution is 2.45. The van der Waals surface area contributed by atoms with Gasteiger partial charge in [-0.2, -0.15) is 13.2 Å². The molecule has 36 heavy (non-hydrogen) atoms. The van der Waals surface area contributed by atoms with Gasteiger partial charge in [0.2, 0.25) is 5.91 Å². The van der Waals surface area contributed by atoms with E-state index in [1.807, 2.05) is 0 Å². The molecule has 1 amide bonds. The minimum atomic E-state index is -4.60. The molecule has 0 fully saturated rings. The van der Waals surface area contributed by atoms with Crippen molar-refractivity contribution in [3.63, 3.8) is 0 Å². The Kier molecular flexibility index (Phi) is 7.08. The van der Waals surface area contributed by atoms with Gasteiger partial charge in [0.25, 0.3) is 0 Å². The van der Waals surface area contributed by atoms with Gasteiger partial charge in [-0.05, 0) is 65.6 Å². The van der Waals surface area contributed by atoms with Gasteiger partial charge < -0.3 is 15.6 Å². The standard InChI is InChI=1S/C27H22ClF3N2O3/c1-2-21-20(13-23(33-21)27(29,30)31)19-11-12-22(36-14-15-3-9-18(28)10-4-15)24(25(19)34)16-5-7-17(8-6-16)26(32)35/h3-13,21,34H,2,14H2,1H3,(H2,32,35). The topological polar surface area (TPSA) is 84.9 Å². The molecular formula is C27H22ClF3N2O3. The Hall–Kier alpha value is -3.78. The number of aromatic hydroxyl groups is 1. The molecule has 1 atom stereocenters. The Labute approximate surface area is 210 Å². The van der Waals surface area contributed by atoms with E-state index in [2.05, 4.69) is 4.99 Å². The lowest BCUT2D eigenvalue weighted by atomic mass is 9.92. The molecule has 1 aliphatic rings. The molecule has 0 spiro atoms. The number of nitrogens with two attached hydrogens (primary N) is 1. The highest BCUT2D eigenvalue weighted by molar-refractivity contribution is 6.30. The fourth-order valence-corrected chi connectivity index (χ4v) is 4.12. The molecule has 3 N–H and O–H groups in total. The molecule has 0 radical (unpaired) electrons. The van der Waals surface area contributed by atoms with Crippen LogP contribution >= 0.6 is 11.6 Å². The summed E-state index contributed by atoms with van der Waals surface area (Å²) in [6.45, 7) is 1.88. The number of ether oxygens (including phenoxy) is 1. The van der Waals surface area contributed by atoms with Crippen LogP contribution in [0, 0.1) is 0 Å². The van der Waals surface area contributed by atoms with Crippen LogP contribution in [0.1, 0.15) is 34.8 Å². The zero-order chi connectivity index (χ0) is 26.0. The summed E-state index contributed by atoms with van der Waals surface area (Å²) in [4.78, 5) is 15.3. The van der Waals surface area contributed by atoms with E-state index < -0.39 is 23.8 Å². The van der Waals surface area contributed by atoms with Crippen molar-refractivity contribution < 1.29 is 27.8 Å². The number of halogens is 4. The number of hydrogen-bond acceptors (Lipinski definition) is 4. The largest absolute Gasteiger partial charge is 0.507 e. The number of allylic oxidation sites excluding steroid dienone is 1. The second kappa shape index (κ2) is 10.1. The number of phenolic OH excluding ortho intramolecular Hbond substituents is 1. The quantitative estimate of drug-likeness (QED) is 0.374. The summed E-state index contributed by atoms with van der Waals surface area (Å²) in [5.41, 5.74) is 6.70. The molecular weight excluding hydrogens is 493 g/mol. The zero-order valence-corrected chi connectivity index (χ0v) is 19.9. The Morgan fingerprint density at radius 1 is 1.08 bits per heavy atom. The van der Waals surface area contributed by atoms with Crippen molar-refractivity contribution in [1.29, 1.82) is 0 Å². The molecule has 0 bridgehead atoms. The lowest BCUT2D eigenvalue weighted by molar-refractivity contribution is -0.0577. The molecule has 9 heteroatoms. The van der Waals surface area contributed by atoms with Crippen LogP contribution in [0.15, 0.2) is 71.7 Å². The molecule has 3 aromatic rings. The number of hydrogen-bond donors (Lipinski definition) is 2. The van der Waals surface area contributed by atoms with Gasteiger partial charge in [0, 0.05) is 16.1 Å². The first-order valence-corrected chi connectivity index (χ1v) is 11.5. The normalized spacial score (nSPS) is 15.4. The summed E-state index contributed by atoms with van der Waals surface area (Å²) in [5.74, 6) is -0.558. The summed E-state index contributed by atoms with van der Waals surface area (Å²) >= 11 is 5.94. The number of primary amides is 1. The highest BCUT2D eigenvalue weighted by Gasteiger charge is 2.39. The van der Waals surface area contributed by atoms with Crippen molar-refractivity contribution in [1.82, 2.24) is 0 Å².